The van der Waals surface area contributed by atoms with Crippen LogP contribution in [-0.4, -0.2) is 37.2 Å². The maximum absolute atomic E-state index is 12.9. The van der Waals surface area contributed by atoms with E-state index in [-0.39, 0.29) is 31.1 Å². The van der Waals surface area contributed by atoms with Gasteiger partial charge in [-0.2, -0.15) is 0 Å². The number of hydrogen-bond acceptors (Lipinski definition) is 6. The number of esters is 3. The number of ether oxygens (including phenoxy) is 3. The maximum atomic E-state index is 12.9. The molecule has 1 unspecified atom stereocenters. The van der Waals surface area contributed by atoms with Crippen LogP contribution in [0.15, 0.2) is 146 Å². The van der Waals surface area contributed by atoms with Crippen molar-refractivity contribution >= 4 is 17.9 Å². The van der Waals surface area contributed by atoms with Crippen LogP contribution in [0.3, 0.4) is 0 Å². The molecule has 0 bridgehead atoms. The zero-order chi connectivity index (χ0) is 59.2. The Bertz CT molecular complexity index is 1780. The molecule has 0 rings (SSSR count). The van der Waals surface area contributed by atoms with Crippen LogP contribution in [-0.2, 0) is 28.6 Å². The molecule has 0 amide bonds. The van der Waals surface area contributed by atoms with E-state index in [9.17, 15) is 14.4 Å². The molecule has 0 spiro atoms. The lowest BCUT2D eigenvalue weighted by atomic mass is 10.0. The molecule has 0 aliphatic heterocycles. The van der Waals surface area contributed by atoms with Gasteiger partial charge in [-0.15, -0.1) is 0 Å². The van der Waals surface area contributed by atoms with E-state index in [1.54, 1.807) is 0 Å². The fraction of sp³-hybridized carbons (Fsp3) is 0.645. The van der Waals surface area contributed by atoms with Gasteiger partial charge < -0.3 is 14.2 Å². The molecule has 0 heterocycles. The zero-order valence-corrected chi connectivity index (χ0v) is 53.2. The van der Waals surface area contributed by atoms with Crippen molar-refractivity contribution in [2.75, 3.05) is 13.2 Å². The number of unbranched alkanes of at least 4 members (excludes halogenated alkanes) is 25. The monoisotopic (exact) mass is 1130 g/mol. The molecular weight excluding hydrogens is 1010 g/mol. The summed E-state index contributed by atoms with van der Waals surface area (Å²) in [6.45, 7) is 6.35. The highest BCUT2D eigenvalue weighted by Gasteiger charge is 2.19. The largest absolute Gasteiger partial charge is 0.462 e. The molecule has 0 fully saturated rings. The van der Waals surface area contributed by atoms with Gasteiger partial charge in [-0.05, 0) is 122 Å². The van der Waals surface area contributed by atoms with Crippen LogP contribution in [0.5, 0.6) is 0 Å². The van der Waals surface area contributed by atoms with Crippen LogP contribution >= 0.6 is 0 Å². The third kappa shape index (κ3) is 66.1. The lowest BCUT2D eigenvalue weighted by molar-refractivity contribution is -0.167. The lowest BCUT2D eigenvalue weighted by Crippen LogP contribution is -2.30. The van der Waals surface area contributed by atoms with Gasteiger partial charge >= 0.3 is 17.9 Å². The summed E-state index contributed by atoms with van der Waals surface area (Å²) in [6.07, 6.45) is 99.0. The van der Waals surface area contributed by atoms with Gasteiger partial charge in [0, 0.05) is 19.3 Å². The minimum absolute atomic E-state index is 0.0854. The minimum Gasteiger partial charge on any atom is -0.462 e. The lowest BCUT2D eigenvalue weighted by Gasteiger charge is -2.18. The summed E-state index contributed by atoms with van der Waals surface area (Å²) in [4.78, 5) is 38.1. The molecule has 0 N–H and O–H groups in total. The van der Waals surface area contributed by atoms with Gasteiger partial charge in [-0.25, -0.2) is 0 Å². The summed E-state index contributed by atoms with van der Waals surface area (Å²) in [5.74, 6) is -0.908. The number of carbonyl (C=O) groups is 3. The third-order valence-corrected chi connectivity index (χ3v) is 14.1. The minimum atomic E-state index is -0.787. The van der Waals surface area contributed by atoms with E-state index < -0.39 is 6.10 Å². The van der Waals surface area contributed by atoms with Gasteiger partial charge in [0.25, 0.3) is 0 Å². The molecule has 82 heavy (non-hydrogen) atoms. The first kappa shape index (κ1) is 77.3. The van der Waals surface area contributed by atoms with Crippen molar-refractivity contribution in [2.45, 2.75) is 303 Å². The Kier molecular flexibility index (Phi) is 64.8. The smallest absolute Gasteiger partial charge is 0.306 e. The second-order valence-corrected chi connectivity index (χ2v) is 22.0. The number of carbonyl (C=O) groups excluding carboxylic acids is 3. The quantitative estimate of drug-likeness (QED) is 0.0261. The first-order valence-electron chi connectivity index (χ1n) is 33.8. The van der Waals surface area contributed by atoms with Gasteiger partial charge in [-0.1, -0.05) is 301 Å². The molecule has 0 aliphatic rings. The molecule has 6 heteroatoms. The van der Waals surface area contributed by atoms with Crippen molar-refractivity contribution < 1.29 is 28.6 Å². The van der Waals surface area contributed by atoms with Crippen LogP contribution in [0, 0.1) is 0 Å². The van der Waals surface area contributed by atoms with Crippen molar-refractivity contribution in [3.63, 3.8) is 0 Å². The highest BCUT2D eigenvalue weighted by atomic mass is 16.6. The van der Waals surface area contributed by atoms with Gasteiger partial charge in [-0.3, -0.25) is 14.4 Å². The summed E-state index contributed by atoms with van der Waals surface area (Å²) >= 11 is 0. The Morgan fingerprint density at radius 1 is 0.256 bits per heavy atom. The molecule has 0 saturated heterocycles. The molecule has 0 saturated carbocycles. The summed E-state index contributed by atoms with van der Waals surface area (Å²) in [6, 6.07) is 0. The summed E-state index contributed by atoms with van der Waals surface area (Å²) in [5.41, 5.74) is 0. The van der Waals surface area contributed by atoms with Crippen molar-refractivity contribution in [3.05, 3.63) is 146 Å². The Hall–Kier alpha value is -4.71. The Balaban J connectivity index is 4.13. The number of allylic oxidation sites excluding steroid dienone is 24. The van der Waals surface area contributed by atoms with Crippen LogP contribution < -0.4 is 0 Å². The second kappa shape index (κ2) is 68.8. The normalized spacial score (nSPS) is 13.1. The van der Waals surface area contributed by atoms with E-state index in [1.807, 2.05) is 0 Å². The molecule has 464 valence electrons. The van der Waals surface area contributed by atoms with Crippen molar-refractivity contribution in [1.82, 2.24) is 0 Å². The molecule has 1 atom stereocenters. The van der Waals surface area contributed by atoms with E-state index in [4.69, 9.17) is 14.2 Å². The van der Waals surface area contributed by atoms with E-state index >= 15 is 0 Å². The van der Waals surface area contributed by atoms with Crippen molar-refractivity contribution in [3.8, 4) is 0 Å². The fourth-order valence-corrected chi connectivity index (χ4v) is 9.10. The van der Waals surface area contributed by atoms with E-state index in [0.717, 1.165) is 148 Å². The summed E-state index contributed by atoms with van der Waals surface area (Å²) in [5, 5.41) is 0. The third-order valence-electron chi connectivity index (χ3n) is 14.1. The predicted octanol–water partition coefficient (Wildman–Crippen LogP) is 23.5. The highest BCUT2D eigenvalue weighted by Crippen LogP contribution is 2.16. The van der Waals surface area contributed by atoms with E-state index in [2.05, 4.69) is 167 Å². The zero-order valence-electron chi connectivity index (χ0n) is 53.2. The first-order chi connectivity index (χ1) is 40.5. The van der Waals surface area contributed by atoms with Gasteiger partial charge in [0.1, 0.15) is 13.2 Å². The topological polar surface area (TPSA) is 78.9 Å². The molecule has 0 aliphatic carbocycles. The SMILES string of the molecule is CC/C=C\C/C=C\C/C=C\C/C=C\C/C=C\C/C=C\C/C=C\C/C=C\CCCCCCCCC(=O)OCC(COC(=O)CCCCCCCC)OC(=O)CCCCCCCCCCCCCCCC/C=C\C/C=C\C/C=C\C/C=C\CC. The van der Waals surface area contributed by atoms with Crippen molar-refractivity contribution in [2.24, 2.45) is 0 Å². The average molecular weight is 1130 g/mol. The second-order valence-electron chi connectivity index (χ2n) is 22.0. The predicted molar refractivity (Wildman–Crippen MR) is 357 cm³/mol. The Labute approximate surface area is 506 Å². The van der Waals surface area contributed by atoms with Gasteiger partial charge in [0.05, 0.1) is 0 Å². The average Bonchev–Trinajstić information content (AvgIpc) is 3.47. The van der Waals surface area contributed by atoms with Crippen molar-refractivity contribution in [1.29, 1.82) is 0 Å². The van der Waals surface area contributed by atoms with Crippen LogP contribution in [0.2, 0.25) is 0 Å². The van der Waals surface area contributed by atoms with Crippen LogP contribution in [0.25, 0.3) is 0 Å². The molecular formula is C76H124O6. The van der Waals surface area contributed by atoms with Gasteiger partial charge in [0.15, 0.2) is 6.10 Å². The standard InChI is InChI=1S/C76H124O6/c1-4-7-10-13-16-18-20-22-24-26-28-30-32-34-36-37-38-39-41-42-44-46-48-50-52-54-56-58-60-63-66-69-75(78)81-72-73(71-80-74(77)68-65-62-15-12-9-6-3)82-76(79)70-67-64-61-59-57-55-53-51-49-47-45-43-40-35-33-31-29-27-25-23-21-19-17-14-11-8-5-2/h7-8,10-11,16-19,22-25,28-31,34,36,38-39,42,44,48,50,73H,4-6,9,12-15,20-21,26-27,32-33,35,37,40-41,43,45-47,49,51-72H2,1-3H3/b10-7-,11-8-,18-16-,19-17-,24-22-,25-23-,30-28-,31-29-,36-34-,39-38-,44-42-,50-48-. The van der Waals surface area contributed by atoms with E-state index in [1.165, 1.54) is 109 Å². The molecule has 0 aromatic heterocycles. The highest BCUT2D eigenvalue weighted by molar-refractivity contribution is 5.71. The fourth-order valence-electron chi connectivity index (χ4n) is 9.10. The molecule has 0 aromatic rings. The number of rotatable bonds is 60. The van der Waals surface area contributed by atoms with Crippen LogP contribution in [0.4, 0.5) is 0 Å². The molecule has 0 radical (unpaired) electrons. The molecule has 6 nitrogen and oxygen atoms in total. The summed E-state index contributed by atoms with van der Waals surface area (Å²) in [7, 11) is 0. The Morgan fingerprint density at radius 3 is 0.744 bits per heavy atom. The number of hydrogen-bond donors (Lipinski definition) is 0. The molecule has 0 aromatic carbocycles. The first-order valence-corrected chi connectivity index (χ1v) is 33.8. The Morgan fingerprint density at radius 2 is 0.476 bits per heavy atom. The van der Waals surface area contributed by atoms with E-state index in [0.29, 0.717) is 19.3 Å². The summed E-state index contributed by atoms with van der Waals surface area (Å²) < 4.78 is 16.8. The van der Waals surface area contributed by atoms with Gasteiger partial charge in [0.2, 0.25) is 0 Å². The maximum Gasteiger partial charge on any atom is 0.306 e. The van der Waals surface area contributed by atoms with Crippen LogP contribution in [0.1, 0.15) is 297 Å².